The van der Waals surface area contributed by atoms with E-state index in [4.69, 9.17) is 0 Å². The van der Waals surface area contributed by atoms with Crippen molar-refractivity contribution in [2.45, 2.75) is 32.2 Å². The van der Waals surface area contributed by atoms with E-state index < -0.39 is 0 Å². The van der Waals surface area contributed by atoms with Crippen LogP contribution in [0.25, 0.3) is 0 Å². The summed E-state index contributed by atoms with van der Waals surface area (Å²) in [4.78, 5) is 2.42. The predicted molar refractivity (Wildman–Crippen MR) is 62.5 cm³/mol. The minimum atomic E-state index is 0.732. The van der Waals surface area contributed by atoms with Crippen LogP contribution < -0.4 is 5.32 Å². The largest absolute Gasteiger partial charge is 0.314 e. The van der Waals surface area contributed by atoms with Crippen LogP contribution in [-0.4, -0.2) is 37.6 Å². The van der Waals surface area contributed by atoms with Crippen molar-refractivity contribution < 1.29 is 0 Å². The van der Waals surface area contributed by atoms with Crippen molar-refractivity contribution in [2.24, 2.45) is 5.92 Å². The highest BCUT2D eigenvalue weighted by Gasteiger charge is 2.22. The highest BCUT2D eigenvalue weighted by Crippen LogP contribution is 2.15. The first-order valence-electron chi connectivity index (χ1n) is 5.77. The van der Waals surface area contributed by atoms with Crippen LogP contribution in [0.15, 0.2) is 12.7 Å². The molecule has 0 radical (unpaired) electrons. The molecule has 1 N–H and O–H groups in total. The molecular weight excluding hydrogens is 172 g/mol. The van der Waals surface area contributed by atoms with Crippen LogP contribution in [0.5, 0.6) is 0 Å². The average molecular weight is 196 g/mol. The van der Waals surface area contributed by atoms with Gasteiger partial charge in [0, 0.05) is 12.6 Å². The quantitative estimate of drug-likeness (QED) is 0.533. The summed E-state index contributed by atoms with van der Waals surface area (Å²) >= 11 is 0. The van der Waals surface area contributed by atoms with Crippen LogP contribution in [0.1, 0.15) is 26.2 Å². The van der Waals surface area contributed by atoms with Crippen molar-refractivity contribution in [3.63, 3.8) is 0 Å². The molecule has 2 unspecified atom stereocenters. The van der Waals surface area contributed by atoms with Crippen molar-refractivity contribution in [2.75, 3.05) is 26.7 Å². The molecule has 2 atom stereocenters. The molecule has 1 saturated heterocycles. The number of hydrogen-bond donors (Lipinski definition) is 1. The van der Waals surface area contributed by atoms with Gasteiger partial charge in [-0.2, -0.15) is 0 Å². The molecule has 0 bridgehead atoms. The smallest absolute Gasteiger partial charge is 0.0117 e. The van der Waals surface area contributed by atoms with E-state index in [1.807, 2.05) is 6.08 Å². The third-order valence-electron chi connectivity index (χ3n) is 3.10. The van der Waals surface area contributed by atoms with Crippen molar-refractivity contribution in [3.8, 4) is 0 Å². The Morgan fingerprint density at radius 3 is 3.00 bits per heavy atom. The van der Waals surface area contributed by atoms with Gasteiger partial charge >= 0.3 is 0 Å². The lowest BCUT2D eigenvalue weighted by Gasteiger charge is -2.35. The summed E-state index contributed by atoms with van der Waals surface area (Å²) in [5.41, 5.74) is 0. The lowest BCUT2D eigenvalue weighted by Crippen LogP contribution is -2.47. The van der Waals surface area contributed by atoms with Crippen LogP contribution >= 0.6 is 0 Å². The van der Waals surface area contributed by atoms with Gasteiger partial charge in [0.1, 0.15) is 0 Å². The summed E-state index contributed by atoms with van der Waals surface area (Å²) in [5, 5.41) is 3.65. The van der Waals surface area contributed by atoms with Gasteiger partial charge in [-0.1, -0.05) is 13.0 Å². The Bertz CT molecular complexity index is 168. The Morgan fingerprint density at radius 1 is 1.57 bits per heavy atom. The van der Waals surface area contributed by atoms with E-state index in [2.05, 4.69) is 30.8 Å². The summed E-state index contributed by atoms with van der Waals surface area (Å²) in [6.45, 7) is 9.70. The first-order valence-corrected chi connectivity index (χ1v) is 5.77. The first-order chi connectivity index (χ1) is 6.74. The van der Waals surface area contributed by atoms with Crippen molar-refractivity contribution in [1.82, 2.24) is 10.2 Å². The molecule has 2 heteroatoms. The number of nitrogens with zero attached hydrogens (tertiary/aromatic N) is 1. The van der Waals surface area contributed by atoms with Crippen LogP contribution in [0.4, 0.5) is 0 Å². The average Bonchev–Trinajstić information content (AvgIpc) is 2.15. The number of hydrogen-bond acceptors (Lipinski definition) is 2. The zero-order valence-corrected chi connectivity index (χ0v) is 9.63. The maximum absolute atomic E-state index is 3.74. The molecule has 0 spiro atoms. The van der Waals surface area contributed by atoms with Crippen molar-refractivity contribution in [1.29, 1.82) is 0 Å². The topological polar surface area (TPSA) is 15.3 Å². The third kappa shape index (κ3) is 3.81. The van der Waals surface area contributed by atoms with Gasteiger partial charge in [0.15, 0.2) is 0 Å². The van der Waals surface area contributed by atoms with Crippen LogP contribution in [0.2, 0.25) is 0 Å². The van der Waals surface area contributed by atoms with E-state index in [1.165, 1.54) is 25.9 Å². The molecule has 0 aromatic heterocycles. The summed E-state index contributed by atoms with van der Waals surface area (Å²) in [7, 11) is 2.21. The number of likely N-dealkylation sites (tertiary alicyclic amines) is 1. The van der Waals surface area contributed by atoms with E-state index in [1.54, 1.807) is 0 Å². The fourth-order valence-corrected chi connectivity index (χ4v) is 2.19. The zero-order chi connectivity index (χ0) is 10.4. The van der Waals surface area contributed by atoms with Crippen LogP contribution in [-0.2, 0) is 0 Å². The number of unbranched alkanes of at least 4 members (excludes halogenated alkanes) is 1. The highest BCUT2D eigenvalue weighted by atomic mass is 15.1. The number of piperidine rings is 1. The highest BCUT2D eigenvalue weighted by molar-refractivity contribution is 4.81. The third-order valence-corrected chi connectivity index (χ3v) is 3.10. The monoisotopic (exact) mass is 196 g/mol. The van der Waals surface area contributed by atoms with Crippen molar-refractivity contribution >= 4 is 0 Å². The van der Waals surface area contributed by atoms with Gasteiger partial charge in [-0.15, -0.1) is 6.58 Å². The number of rotatable bonds is 5. The molecule has 0 amide bonds. The van der Waals surface area contributed by atoms with E-state index >= 15 is 0 Å². The molecule has 82 valence electrons. The molecule has 0 aromatic rings. The van der Waals surface area contributed by atoms with E-state index in [-0.39, 0.29) is 0 Å². The van der Waals surface area contributed by atoms with Gasteiger partial charge in [-0.05, 0) is 45.3 Å². The lowest BCUT2D eigenvalue weighted by atomic mass is 9.94. The molecule has 1 heterocycles. The molecule has 0 aromatic carbocycles. The van der Waals surface area contributed by atoms with Crippen molar-refractivity contribution in [3.05, 3.63) is 12.7 Å². The van der Waals surface area contributed by atoms with Gasteiger partial charge in [-0.3, -0.25) is 0 Å². The molecule has 1 rings (SSSR count). The second-order valence-electron chi connectivity index (χ2n) is 4.52. The Kier molecular flexibility index (Phi) is 5.20. The van der Waals surface area contributed by atoms with Gasteiger partial charge in [-0.25, -0.2) is 0 Å². The molecular formula is C12H24N2. The standard InChI is InChI=1S/C12H24N2/c1-4-5-6-8-13-12-7-9-14(3)10-11(12)2/h4,11-13H,1,5-10H2,2-3H3. The molecule has 1 aliphatic heterocycles. The Hall–Kier alpha value is -0.340. The minimum Gasteiger partial charge on any atom is -0.314 e. The maximum Gasteiger partial charge on any atom is 0.0117 e. The van der Waals surface area contributed by atoms with Gasteiger partial charge in [0.2, 0.25) is 0 Å². The summed E-state index contributed by atoms with van der Waals surface area (Å²) < 4.78 is 0. The normalized spacial score (nSPS) is 29.0. The van der Waals surface area contributed by atoms with Crippen LogP contribution in [0, 0.1) is 5.92 Å². The predicted octanol–water partition coefficient (Wildman–Crippen LogP) is 1.88. The SMILES string of the molecule is C=CCCCNC1CCN(C)CC1C. The number of nitrogens with one attached hydrogen (secondary N) is 1. The van der Waals surface area contributed by atoms with E-state index in [0.29, 0.717) is 0 Å². The molecule has 1 aliphatic rings. The van der Waals surface area contributed by atoms with E-state index in [9.17, 15) is 0 Å². The van der Waals surface area contributed by atoms with Crippen LogP contribution in [0.3, 0.4) is 0 Å². The molecule has 14 heavy (non-hydrogen) atoms. The van der Waals surface area contributed by atoms with Gasteiger partial charge in [0.25, 0.3) is 0 Å². The fraction of sp³-hybridized carbons (Fsp3) is 0.833. The summed E-state index contributed by atoms with van der Waals surface area (Å²) in [5.74, 6) is 0.789. The van der Waals surface area contributed by atoms with Gasteiger partial charge < -0.3 is 10.2 Å². The molecule has 2 nitrogen and oxygen atoms in total. The van der Waals surface area contributed by atoms with Gasteiger partial charge in [0.05, 0.1) is 0 Å². The second kappa shape index (κ2) is 6.20. The molecule has 0 saturated carbocycles. The Morgan fingerprint density at radius 2 is 2.36 bits per heavy atom. The van der Waals surface area contributed by atoms with E-state index in [0.717, 1.165) is 24.9 Å². The minimum absolute atomic E-state index is 0.732. The second-order valence-corrected chi connectivity index (χ2v) is 4.52. The Balaban J connectivity index is 2.14. The Labute approximate surface area is 88.4 Å². The number of allylic oxidation sites excluding steroid dienone is 1. The first kappa shape index (κ1) is 11.7. The lowest BCUT2D eigenvalue weighted by molar-refractivity contribution is 0.175. The molecule has 0 aliphatic carbocycles. The fourth-order valence-electron chi connectivity index (χ4n) is 2.19. The summed E-state index contributed by atoms with van der Waals surface area (Å²) in [6.07, 6.45) is 5.65. The summed E-state index contributed by atoms with van der Waals surface area (Å²) in [6, 6.07) is 0.732. The maximum atomic E-state index is 3.74. The molecule has 1 fully saturated rings. The zero-order valence-electron chi connectivity index (χ0n) is 9.63.